The maximum atomic E-state index is 11.2. The van der Waals surface area contributed by atoms with Crippen molar-refractivity contribution in [1.29, 1.82) is 0 Å². The Bertz CT molecular complexity index is 1030. The third-order valence-corrected chi connectivity index (χ3v) is 3.42. The zero-order valence-corrected chi connectivity index (χ0v) is 14.0. The predicted octanol–water partition coefficient (Wildman–Crippen LogP) is 2.30. The van der Waals surface area contributed by atoms with E-state index in [0.29, 0.717) is 20.9 Å². The molecule has 0 aliphatic rings. The summed E-state index contributed by atoms with van der Waals surface area (Å²) in [5.74, 6) is -1.06. The van der Waals surface area contributed by atoms with Gasteiger partial charge in [-0.15, -0.1) is 0 Å². The van der Waals surface area contributed by atoms with E-state index in [9.17, 15) is 14.4 Å². The van der Waals surface area contributed by atoms with Crippen LogP contribution in [0, 0.1) is 0 Å². The van der Waals surface area contributed by atoms with Gasteiger partial charge in [0.05, 0.1) is 16.5 Å². The fourth-order valence-electron chi connectivity index (χ4n) is 1.85. The SMILES string of the molecule is C.Nc1ccc(Cl)cc1C(=O)O.O.O=c1[nH]c(=O)c2cc(Cl)ccc2[nH]1. The van der Waals surface area contributed by atoms with E-state index in [1.165, 1.54) is 18.2 Å². The van der Waals surface area contributed by atoms with Gasteiger partial charge in [0.1, 0.15) is 0 Å². The minimum Gasteiger partial charge on any atom is -0.478 e. The lowest BCUT2D eigenvalue weighted by atomic mass is 10.2. The topological polar surface area (TPSA) is 161 Å². The number of hydrogen-bond acceptors (Lipinski definition) is 4. The molecule has 7 N–H and O–H groups in total. The number of nitrogens with two attached hydrogens (primary N) is 1. The number of fused-ring (bicyclic) bond motifs is 1. The highest BCUT2D eigenvalue weighted by Gasteiger charge is 2.06. The van der Waals surface area contributed by atoms with E-state index in [0.717, 1.165) is 0 Å². The van der Waals surface area contributed by atoms with Crippen LogP contribution in [0.5, 0.6) is 0 Å². The summed E-state index contributed by atoms with van der Waals surface area (Å²) in [6, 6.07) is 9.04. The first kappa shape index (κ1) is 23.2. The summed E-state index contributed by atoms with van der Waals surface area (Å²) < 4.78 is 0. The third kappa shape index (κ3) is 5.62. The van der Waals surface area contributed by atoms with Crippen molar-refractivity contribution in [3.8, 4) is 0 Å². The lowest BCUT2D eigenvalue weighted by Gasteiger charge is -1.99. The molecule has 1 aromatic heterocycles. The molecule has 0 radical (unpaired) electrons. The summed E-state index contributed by atoms with van der Waals surface area (Å²) >= 11 is 11.2. The quantitative estimate of drug-likeness (QED) is 0.459. The van der Waals surface area contributed by atoms with Gasteiger partial charge in [0, 0.05) is 15.7 Å². The van der Waals surface area contributed by atoms with Gasteiger partial charge in [-0.2, -0.15) is 0 Å². The fraction of sp³-hybridized carbons (Fsp3) is 0.0625. The zero-order valence-electron chi connectivity index (χ0n) is 12.5. The van der Waals surface area contributed by atoms with E-state index in [1.54, 1.807) is 18.2 Å². The van der Waals surface area contributed by atoms with Crippen LogP contribution < -0.4 is 17.0 Å². The molecule has 1 heterocycles. The highest BCUT2D eigenvalue weighted by Crippen LogP contribution is 2.17. The zero-order chi connectivity index (χ0) is 17.9. The van der Waals surface area contributed by atoms with Gasteiger partial charge in [-0.3, -0.25) is 9.78 Å². The Kier molecular flexibility index (Phi) is 8.58. The molecule has 3 aromatic rings. The predicted molar refractivity (Wildman–Crippen MR) is 103 cm³/mol. The number of aromatic amines is 2. The van der Waals surface area contributed by atoms with Crippen LogP contribution in [0.4, 0.5) is 5.69 Å². The second-order valence-electron chi connectivity index (χ2n) is 4.63. The lowest BCUT2D eigenvalue weighted by molar-refractivity contribution is 0.0698. The Hall–Kier alpha value is -2.81. The van der Waals surface area contributed by atoms with Gasteiger partial charge >= 0.3 is 11.7 Å². The van der Waals surface area contributed by atoms with Crippen molar-refractivity contribution >= 4 is 45.8 Å². The number of nitrogens with one attached hydrogen (secondary N) is 2. The number of rotatable bonds is 1. The molecule has 2 aromatic carbocycles. The number of aromatic carboxylic acids is 1. The average Bonchev–Trinajstić information content (AvgIpc) is 2.51. The van der Waals surface area contributed by atoms with E-state index >= 15 is 0 Å². The number of benzene rings is 2. The molecule has 10 heteroatoms. The summed E-state index contributed by atoms with van der Waals surface area (Å²) in [4.78, 5) is 37.1. The molecular formula is C16H17Cl2N3O5. The van der Waals surface area contributed by atoms with Crippen LogP contribution in [0.3, 0.4) is 0 Å². The number of H-pyrrole nitrogens is 2. The standard InChI is InChI=1S/C8H5ClN2O2.C7H6ClNO2.CH4.H2O/c9-4-1-2-6-5(3-4)7(12)11-8(13)10-6;8-4-1-2-6(9)5(3-4)7(10)11;;/h1-3H,(H2,10,11,12,13);1-3H,9H2,(H,10,11);1H4;1H2. The molecule has 0 unspecified atom stereocenters. The third-order valence-electron chi connectivity index (χ3n) is 2.95. The van der Waals surface area contributed by atoms with Crippen molar-refractivity contribution in [3.05, 3.63) is 72.8 Å². The maximum absolute atomic E-state index is 11.2. The largest absolute Gasteiger partial charge is 0.478 e. The van der Waals surface area contributed by atoms with Gasteiger partial charge in [0.15, 0.2) is 0 Å². The van der Waals surface area contributed by atoms with E-state index < -0.39 is 17.2 Å². The minimum absolute atomic E-state index is 0. The normalized spacial score (nSPS) is 9.31. The summed E-state index contributed by atoms with van der Waals surface area (Å²) in [7, 11) is 0. The molecule has 0 bridgehead atoms. The van der Waals surface area contributed by atoms with E-state index in [2.05, 4.69) is 9.97 Å². The molecule has 0 atom stereocenters. The molecule has 0 amide bonds. The fourth-order valence-corrected chi connectivity index (χ4v) is 2.20. The first-order valence-electron chi connectivity index (χ1n) is 6.48. The highest BCUT2D eigenvalue weighted by molar-refractivity contribution is 6.31. The van der Waals surface area contributed by atoms with Gasteiger partial charge in [-0.05, 0) is 36.4 Å². The van der Waals surface area contributed by atoms with Gasteiger partial charge in [-0.1, -0.05) is 30.6 Å². The first-order valence-corrected chi connectivity index (χ1v) is 7.23. The van der Waals surface area contributed by atoms with E-state index in [4.69, 9.17) is 34.0 Å². The maximum Gasteiger partial charge on any atom is 0.337 e. The molecule has 140 valence electrons. The number of anilines is 1. The van der Waals surface area contributed by atoms with Crippen LogP contribution in [0.25, 0.3) is 10.9 Å². The van der Waals surface area contributed by atoms with Crippen LogP contribution in [-0.2, 0) is 0 Å². The summed E-state index contributed by atoms with van der Waals surface area (Å²) in [6.07, 6.45) is 0. The minimum atomic E-state index is -1.06. The molecule has 0 saturated heterocycles. The molecule has 26 heavy (non-hydrogen) atoms. The van der Waals surface area contributed by atoms with Crippen molar-refractivity contribution in [1.82, 2.24) is 9.97 Å². The lowest BCUT2D eigenvalue weighted by Crippen LogP contribution is -2.21. The van der Waals surface area contributed by atoms with Crippen molar-refractivity contribution < 1.29 is 15.4 Å². The van der Waals surface area contributed by atoms with Gasteiger partial charge in [0.2, 0.25) is 0 Å². The second kappa shape index (κ2) is 9.62. The molecule has 0 fully saturated rings. The van der Waals surface area contributed by atoms with Crippen LogP contribution in [0.15, 0.2) is 46.0 Å². The summed E-state index contributed by atoms with van der Waals surface area (Å²) in [5.41, 5.74) is 5.16. The van der Waals surface area contributed by atoms with Crippen molar-refractivity contribution in [2.75, 3.05) is 5.73 Å². The number of carbonyl (C=O) groups is 1. The van der Waals surface area contributed by atoms with Crippen molar-refractivity contribution in [2.45, 2.75) is 7.43 Å². The number of halogens is 2. The second-order valence-corrected chi connectivity index (χ2v) is 5.51. The first-order chi connectivity index (χ1) is 11.3. The Morgan fingerprint density at radius 2 is 1.58 bits per heavy atom. The van der Waals surface area contributed by atoms with Crippen molar-refractivity contribution in [3.63, 3.8) is 0 Å². The van der Waals surface area contributed by atoms with Gasteiger partial charge in [-0.25, -0.2) is 9.59 Å². The monoisotopic (exact) mass is 401 g/mol. The van der Waals surface area contributed by atoms with Crippen LogP contribution in [0.2, 0.25) is 10.0 Å². The molecule has 8 nitrogen and oxygen atoms in total. The molecule has 0 spiro atoms. The van der Waals surface area contributed by atoms with Crippen molar-refractivity contribution in [2.24, 2.45) is 0 Å². The van der Waals surface area contributed by atoms with E-state index in [-0.39, 0.29) is 24.2 Å². The van der Waals surface area contributed by atoms with Crippen LogP contribution in [0.1, 0.15) is 17.8 Å². The smallest absolute Gasteiger partial charge is 0.337 e. The number of aromatic nitrogens is 2. The summed E-state index contributed by atoms with van der Waals surface area (Å²) in [6.45, 7) is 0. The molecule has 0 aliphatic heterocycles. The average molecular weight is 402 g/mol. The Balaban J connectivity index is 0.000000453. The van der Waals surface area contributed by atoms with Gasteiger partial charge in [0.25, 0.3) is 5.56 Å². The Morgan fingerprint density at radius 1 is 1.00 bits per heavy atom. The van der Waals surface area contributed by atoms with Crippen LogP contribution >= 0.6 is 23.2 Å². The molecule has 0 saturated carbocycles. The van der Waals surface area contributed by atoms with Crippen LogP contribution in [-0.4, -0.2) is 26.5 Å². The van der Waals surface area contributed by atoms with Gasteiger partial charge < -0.3 is 21.3 Å². The summed E-state index contributed by atoms with van der Waals surface area (Å²) in [5, 5.41) is 9.77. The number of carboxylic acid groups (broad SMARTS) is 1. The number of carboxylic acids is 1. The molecule has 3 rings (SSSR count). The van der Waals surface area contributed by atoms with E-state index in [1.807, 2.05) is 0 Å². The molecule has 0 aliphatic carbocycles. The number of nitrogen functional groups attached to an aromatic ring is 1. The Morgan fingerprint density at radius 3 is 2.15 bits per heavy atom. The molecular weight excluding hydrogens is 385 g/mol. The Labute approximate surface area is 157 Å². The number of hydrogen-bond donors (Lipinski definition) is 4. The highest BCUT2D eigenvalue weighted by atomic mass is 35.5.